The van der Waals surface area contributed by atoms with E-state index in [-0.39, 0.29) is 11.9 Å². The van der Waals surface area contributed by atoms with E-state index in [2.05, 4.69) is 10.6 Å². The second kappa shape index (κ2) is 7.81. The van der Waals surface area contributed by atoms with Crippen LogP contribution in [0.3, 0.4) is 0 Å². The lowest BCUT2D eigenvalue weighted by Gasteiger charge is -2.13. The first-order chi connectivity index (χ1) is 8.22. The maximum Gasteiger partial charge on any atom is 0.234 e. The van der Waals surface area contributed by atoms with E-state index in [9.17, 15) is 4.79 Å². The average molecular weight is 236 g/mol. The molecule has 1 rings (SSSR count). The van der Waals surface area contributed by atoms with Gasteiger partial charge in [-0.2, -0.15) is 0 Å². The van der Waals surface area contributed by atoms with Gasteiger partial charge in [-0.3, -0.25) is 4.79 Å². The molecule has 0 saturated heterocycles. The molecule has 4 heteroatoms. The summed E-state index contributed by atoms with van der Waals surface area (Å²) in [5.41, 5.74) is 1.17. The summed E-state index contributed by atoms with van der Waals surface area (Å²) < 4.78 is 4.94. The Bertz CT molecular complexity index is 327. The van der Waals surface area contributed by atoms with E-state index in [1.54, 1.807) is 7.11 Å². The Kier molecular flexibility index (Phi) is 6.29. The van der Waals surface area contributed by atoms with Crippen molar-refractivity contribution in [3.05, 3.63) is 35.9 Å². The minimum Gasteiger partial charge on any atom is -0.383 e. The lowest BCUT2D eigenvalue weighted by molar-refractivity contribution is -0.121. The highest BCUT2D eigenvalue weighted by molar-refractivity contribution is 5.78. The van der Waals surface area contributed by atoms with Crippen LogP contribution in [0, 0.1) is 0 Å². The summed E-state index contributed by atoms with van der Waals surface area (Å²) in [5, 5.41) is 5.94. The first kappa shape index (κ1) is 13.7. The van der Waals surface area contributed by atoms with Crippen LogP contribution in [0.4, 0.5) is 0 Å². The Morgan fingerprint density at radius 1 is 1.35 bits per heavy atom. The van der Waals surface area contributed by atoms with E-state index in [1.165, 1.54) is 5.56 Å². The van der Waals surface area contributed by atoms with Gasteiger partial charge < -0.3 is 15.4 Å². The van der Waals surface area contributed by atoms with Crippen LogP contribution in [0.25, 0.3) is 0 Å². The zero-order chi connectivity index (χ0) is 12.5. The molecule has 1 amide bonds. The number of hydrogen-bond donors (Lipinski definition) is 2. The van der Waals surface area contributed by atoms with Crippen molar-refractivity contribution in [1.29, 1.82) is 0 Å². The van der Waals surface area contributed by atoms with Crippen molar-refractivity contribution >= 4 is 5.91 Å². The van der Waals surface area contributed by atoms with Gasteiger partial charge in [0.15, 0.2) is 0 Å². The highest BCUT2D eigenvalue weighted by atomic mass is 16.5. The van der Waals surface area contributed by atoms with Gasteiger partial charge in [0.05, 0.1) is 13.2 Å². The molecule has 1 aromatic carbocycles. The van der Waals surface area contributed by atoms with Crippen molar-refractivity contribution in [2.24, 2.45) is 0 Å². The fourth-order valence-corrected chi connectivity index (χ4v) is 1.53. The minimum absolute atomic E-state index is 0.00881. The van der Waals surface area contributed by atoms with E-state index < -0.39 is 0 Å². The molecular weight excluding hydrogens is 216 g/mol. The topological polar surface area (TPSA) is 50.4 Å². The predicted molar refractivity (Wildman–Crippen MR) is 67.6 cm³/mol. The molecule has 0 bridgehead atoms. The summed E-state index contributed by atoms with van der Waals surface area (Å²) in [7, 11) is 1.62. The number of ether oxygens (including phenoxy) is 1. The fraction of sp³-hybridized carbons (Fsp3) is 0.462. The van der Waals surface area contributed by atoms with E-state index in [4.69, 9.17) is 4.74 Å². The minimum atomic E-state index is -0.00881. The Morgan fingerprint density at radius 3 is 2.71 bits per heavy atom. The molecule has 4 nitrogen and oxygen atoms in total. The monoisotopic (exact) mass is 236 g/mol. The van der Waals surface area contributed by atoms with Crippen molar-refractivity contribution in [1.82, 2.24) is 10.6 Å². The molecule has 2 N–H and O–H groups in total. The lowest BCUT2D eigenvalue weighted by atomic mass is 10.2. The summed E-state index contributed by atoms with van der Waals surface area (Å²) in [6.07, 6.45) is 0. The molecule has 0 aliphatic carbocycles. The largest absolute Gasteiger partial charge is 0.383 e. The molecule has 0 saturated carbocycles. The normalized spacial score (nSPS) is 12.1. The van der Waals surface area contributed by atoms with E-state index in [0.29, 0.717) is 19.7 Å². The van der Waals surface area contributed by atoms with Gasteiger partial charge in [0, 0.05) is 19.7 Å². The van der Waals surface area contributed by atoms with Gasteiger partial charge in [-0.25, -0.2) is 0 Å². The number of methoxy groups -OCH3 is 1. The fourth-order valence-electron chi connectivity index (χ4n) is 1.53. The Balaban J connectivity index is 2.16. The molecule has 17 heavy (non-hydrogen) atoms. The zero-order valence-corrected chi connectivity index (χ0v) is 10.4. The number of nitrogens with one attached hydrogen (secondary N) is 2. The van der Waals surface area contributed by atoms with Crippen LogP contribution in [0.5, 0.6) is 0 Å². The van der Waals surface area contributed by atoms with Crippen LogP contribution in [0.1, 0.15) is 12.5 Å². The molecule has 0 fully saturated rings. The van der Waals surface area contributed by atoms with E-state index >= 15 is 0 Å². The molecule has 0 radical (unpaired) electrons. The van der Waals surface area contributed by atoms with Crippen LogP contribution < -0.4 is 10.6 Å². The van der Waals surface area contributed by atoms with E-state index in [0.717, 1.165) is 0 Å². The Labute approximate surface area is 102 Å². The van der Waals surface area contributed by atoms with Crippen LogP contribution in [0.2, 0.25) is 0 Å². The van der Waals surface area contributed by atoms with Gasteiger partial charge in [-0.05, 0) is 12.5 Å². The molecule has 0 aliphatic rings. The van der Waals surface area contributed by atoms with Gasteiger partial charge in [0.2, 0.25) is 5.91 Å². The number of amides is 1. The zero-order valence-electron chi connectivity index (χ0n) is 10.4. The van der Waals surface area contributed by atoms with Gasteiger partial charge >= 0.3 is 0 Å². The van der Waals surface area contributed by atoms with Gasteiger partial charge in [-0.1, -0.05) is 30.3 Å². The van der Waals surface area contributed by atoms with Gasteiger partial charge in [0.25, 0.3) is 0 Å². The third-order valence-corrected chi connectivity index (χ3v) is 2.28. The van der Waals surface area contributed by atoms with Crippen molar-refractivity contribution in [2.75, 3.05) is 20.3 Å². The second-order valence-electron chi connectivity index (χ2n) is 4.01. The van der Waals surface area contributed by atoms with Gasteiger partial charge in [-0.15, -0.1) is 0 Å². The standard InChI is InChI=1S/C13H20N2O2/c1-11(10-17-2)15-13(16)9-14-8-12-6-4-3-5-7-12/h3-7,11,14H,8-10H2,1-2H3,(H,15,16). The molecule has 0 aromatic heterocycles. The SMILES string of the molecule is COCC(C)NC(=O)CNCc1ccccc1. The number of hydrogen-bond acceptors (Lipinski definition) is 3. The van der Waals surface area contributed by atoms with Crippen molar-refractivity contribution in [3.8, 4) is 0 Å². The quantitative estimate of drug-likeness (QED) is 0.740. The van der Waals surface area contributed by atoms with Crippen LogP contribution in [0.15, 0.2) is 30.3 Å². The number of carbonyl (C=O) groups is 1. The van der Waals surface area contributed by atoms with Crippen LogP contribution in [-0.4, -0.2) is 32.2 Å². The number of carbonyl (C=O) groups excluding carboxylic acids is 1. The number of benzene rings is 1. The maximum atomic E-state index is 11.5. The summed E-state index contributed by atoms with van der Waals surface area (Å²) >= 11 is 0. The Morgan fingerprint density at radius 2 is 2.06 bits per heavy atom. The third-order valence-electron chi connectivity index (χ3n) is 2.28. The Hall–Kier alpha value is -1.39. The molecule has 1 atom stereocenters. The summed E-state index contributed by atoms with van der Waals surface area (Å²) in [6.45, 7) is 3.47. The first-order valence-electron chi connectivity index (χ1n) is 5.75. The summed E-state index contributed by atoms with van der Waals surface area (Å²) in [6, 6.07) is 10.0. The smallest absolute Gasteiger partial charge is 0.234 e. The highest BCUT2D eigenvalue weighted by Gasteiger charge is 2.05. The van der Waals surface area contributed by atoms with E-state index in [1.807, 2.05) is 37.3 Å². The molecule has 0 spiro atoms. The van der Waals surface area contributed by atoms with Crippen LogP contribution in [-0.2, 0) is 16.1 Å². The molecule has 1 unspecified atom stereocenters. The first-order valence-corrected chi connectivity index (χ1v) is 5.75. The molecule has 0 heterocycles. The maximum absolute atomic E-state index is 11.5. The van der Waals surface area contributed by atoms with Crippen molar-refractivity contribution in [2.45, 2.75) is 19.5 Å². The number of rotatable bonds is 7. The second-order valence-corrected chi connectivity index (χ2v) is 4.01. The van der Waals surface area contributed by atoms with Gasteiger partial charge in [0.1, 0.15) is 0 Å². The molecular formula is C13H20N2O2. The molecule has 1 aromatic rings. The summed E-state index contributed by atoms with van der Waals surface area (Å²) in [5.74, 6) is -0.00881. The van der Waals surface area contributed by atoms with Crippen LogP contribution >= 0.6 is 0 Å². The average Bonchev–Trinajstić information content (AvgIpc) is 2.30. The highest BCUT2D eigenvalue weighted by Crippen LogP contribution is 1.96. The predicted octanol–water partition coefficient (Wildman–Crippen LogP) is 0.927. The third kappa shape index (κ3) is 6.04. The molecule has 0 aliphatic heterocycles. The van der Waals surface area contributed by atoms with Crippen molar-refractivity contribution in [3.63, 3.8) is 0 Å². The lowest BCUT2D eigenvalue weighted by Crippen LogP contribution is -2.40. The summed E-state index contributed by atoms with van der Waals surface area (Å²) in [4.78, 5) is 11.5. The van der Waals surface area contributed by atoms with Crippen molar-refractivity contribution < 1.29 is 9.53 Å². The molecule has 94 valence electrons.